The highest BCUT2D eigenvalue weighted by molar-refractivity contribution is 9.10. The van der Waals surface area contributed by atoms with Gasteiger partial charge in [0.25, 0.3) is 0 Å². The first-order valence-corrected chi connectivity index (χ1v) is 6.98. The number of Topliss-reactive ketones (excluding diaryl/α,β-unsaturated/α-hetero) is 1. The lowest BCUT2D eigenvalue weighted by atomic mass is 10.0. The normalized spacial score (nSPS) is 16.8. The van der Waals surface area contributed by atoms with E-state index in [0.29, 0.717) is 6.42 Å². The van der Waals surface area contributed by atoms with Crippen molar-refractivity contribution in [2.75, 3.05) is 5.32 Å². The molecule has 0 spiro atoms. The molecule has 1 atom stereocenters. The van der Waals surface area contributed by atoms with E-state index in [0.717, 1.165) is 22.1 Å². The van der Waals surface area contributed by atoms with Crippen molar-refractivity contribution in [2.24, 2.45) is 0 Å². The lowest BCUT2D eigenvalue weighted by Crippen LogP contribution is -2.28. The van der Waals surface area contributed by atoms with E-state index in [1.807, 2.05) is 24.3 Å². The SMILES string of the molecule is O=C(Cc1cncc(Br)c1)C1Cc2ccccc2N1. The molecule has 96 valence electrons. The van der Waals surface area contributed by atoms with Crippen LogP contribution in [0.25, 0.3) is 0 Å². The highest BCUT2D eigenvalue weighted by Crippen LogP contribution is 2.26. The predicted molar refractivity (Wildman–Crippen MR) is 78.2 cm³/mol. The summed E-state index contributed by atoms with van der Waals surface area (Å²) in [6, 6.07) is 9.89. The predicted octanol–water partition coefficient (Wildman–Crippen LogP) is 2.99. The van der Waals surface area contributed by atoms with Crippen LogP contribution in [-0.2, 0) is 17.6 Å². The maximum Gasteiger partial charge on any atom is 0.159 e. The van der Waals surface area contributed by atoms with Crippen LogP contribution in [-0.4, -0.2) is 16.8 Å². The second kappa shape index (κ2) is 5.13. The van der Waals surface area contributed by atoms with E-state index in [9.17, 15) is 4.79 Å². The number of pyridine rings is 1. The van der Waals surface area contributed by atoms with E-state index in [1.165, 1.54) is 5.56 Å². The van der Waals surface area contributed by atoms with Gasteiger partial charge in [0.1, 0.15) is 0 Å². The van der Waals surface area contributed by atoms with Crippen LogP contribution in [0.15, 0.2) is 47.2 Å². The van der Waals surface area contributed by atoms with Gasteiger partial charge in [0.2, 0.25) is 0 Å². The number of aromatic nitrogens is 1. The number of fused-ring (bicyclic) bond motifs is 1. The summed E-state index contributed by atoms with van der Waals surface area (Å²) in [5.74, 6) is 0.205. The topological polar surface area (TPSA) is 42.0 Å². The number of halogens is 1. The number of ketones is 1. The molecule has 3 rings (SSSR count). The summed E-state index contributed by atoms with van der Waals surface area (Å²) in [6.45, 7) is 0. The fraction of sp³-hybridized carbons (Fsp3) is 0.200. The Morgan fingerprint density at radius 3 is 3.00 bits per heavy atom. The van der Waals surface area contributed by atoms with Gasteiger partial charge >= 0.3 is 0 Å². The lowest BCUT2D eigenvalue weighted by Gasteiger charge is -2.10. The Labute approximate surface area is 120 Å². The van der Waals surface area contributed by atoms with Crippen molar-refractivity contribution in [1.82, 2.24) is 4.98 Å². The van der Waals surface area contributed by atoms with E-state index >= 15 is 0 Å². The van der Waals surface area contributed by atoms with Crippen molar-refractivity contribution in [2.45, 2.75) is 18.9 Å². The monoisotopic (exact) mass is 316 g/mol. The van der Waals surface area contributed by atoms with Crippen LogP contribution < -0.4 is 5.32 Å². The quantitative estimate of drug-likeness (QED) is 0.946. The van der Waals surface area contributed by atoms with Crippen molar-refractivity contribution < 1.29 is 4.79 Å². The second-order valence-corrected chi connectivity index (χ2v) is 5.63. The van der Waals surface area contributed by atoms with Gasteiger partial charge in [-0.05, 0) is 39.2 Å². The first-order valence-electron chi connectivity index (χ1n) is 6.19. The first kappa shape index (κ1) is 12.4. The molecule has 1 aromatic heterocycles. The van der Waals surface area contributed by atoms with Crippen LogP contribution in [0.1, 0.15) is 11.1 Å². The minimum Gasteiger partial charge on any atom is -0.375 e. The molecule has 0 amide bonds. The minimum absolute atomic E-state index is 0.114. The third kappa shape index (κ3) is 2.68. The molecule has 19 heavy (non-hydrogen) atoms. The van der Waals surface area contributed by atoms with Crippen molar-refractivity contribution in [1.29, 1.82) is 0 Å². The van der Waals surface area contributed by atoms with Crippen LogP contribution in [0.4, 0.5) is 5.69 Å². The molecule has 0 radical (unpaired) electrons. The van der Waals surface area contributed by atoms with Crippen LogP contribution in [0, 0.1) is 0 Å². The second-order valence-electron chi connectivity index (χ2n) is 4.71. The van der Waals surface area contributed by atoms with Gasteiger partial charge in [0, 0.05) is 35.4 Å². The van der Waals surface area contributed by atoms with E-state index in [-0.39, 0.29) is 11.8 Å². The smallest absolute Gasteiger partial charge is 0.159 e. The fourth-order valence-corrected chi connectivity index (χ4v) is 2.78. The van der Waals surface area contributed by atoms with E-state index in [1.54, 1.807) is 12.4 Å². The molecule has 1 aromatic carbocycles. The molecular formula is C15H13BrN2O. The Hall–Kier alpha value is -1.68. The third-order valence-corrected chi connectivity index (χ3v) is 3.73. The minimum atomic E-state index is -0.114. The molecule has 0 fully saturated rings. The zero-order chi connectivity index (χ0) is 13.2. The number of carbonyl (C=O) groups excluding carboxylic acids is 1. The molecule has 1 aliphatic heterocycles. The summed E-state index contributed by atoms with van der Waals surface area (Å²) in [4.78, 5) is 16.4. The average Bonchev–Trinajstić information content (AvgIpc) is 2.82. The van der Waals surface area contributed by atoms with Gasteiger partial charge in [-0.1, -0.05) is 18.2 Å². The number of hydrogen-bond acceptors (Lipinski definition) is 3. The zero-order valence-corrected chi connectivity index (χ0v) is 11.9. The standard InChI is InChI=1S/C15H13BrN2O/c16-12-5-10(8-17-9-12)6-15(19)14-7-11-3-1-2-4-13(11)18-14/h1-5,8-9,14,18H,6-7H2. The van der Waals surface area contributed by atoms with Crippen molar-refractivity contribution in [3.05, 3.63) is 58.3 Å². The maximum atomic E-state index is 12.3. The third-order valence-electron chi connectivity index (χ3n) is 3.30. The van der Waals surface area contributed by atoms with Gasteiger partial charge in [0.05, 0.1) is 6.04 Å². The summed E-state index contributed by atoms with van der Waals surface area (Å²) >= 11 is 3.37. The van der Waals surface area contributed by atoms with Gasteiger partial charge in [-0.15, -0.1) is 0 Å². The molecule has 0 bridgehead atoms. The van der Waals surface area contributed by atoms with Crippen molar-refractivity contribution in [3.8, 4) is 0 Å². The molecule has 3 nitrogen and oxygen atoms in total. The number of hydrogen-bond donors (Lipinski definition) is 1. The molecule has 1 aliphatic rings. The van der Waals surface area contributed by atoms with Gasteiger partial charge in [0.15, 0.2) is 5.78 Å². The fourth-order valence-electron chi connectivity index (χ4n) is 2.37. The van der Waals surface area contributed by atoms with Crippen LogP contribution in [0.3, 0.4) is 0 Å². The Morgan fingerprint density at radius 2 is 2.21 bits per heavy atom. The molecule has 4 heteroatoms. The Morgan fingerprint density at radius 1 is 1.37 bits per heavy atom. The Kier molecular flexibility index (Phi) is 3.34. The average molecular weight is 317 g/mol. The van der Waals surface area contributed by atoms with Crippen LogP contribution in [0.5, 0.6) is 0 Å². The maximum absolute atomic E-state index is 12.3. The number of nitrogens with zero attached hydrogens (tertiary/aromatic N) is 1. The summed E-state index contributed by atoms with van der Waals surface area (Å²) < 4.78 is 0.903. The summed E-state index contributed by atoms with van der Waals surface area (Å²) in [5, 5.41) is 3.29. The van der Waals surface area contributed by atoms with Crippen LogP contribution in [0.2, 0.25) is 0 Å². The van der Waals surface area contributed by atoms with E-state index in [4.69, 9.17) is 0 Å². The van der Waals surface area contributed by atoms with E-state index in [2.05, 4.69) is 32.3 Å². The highest BCUT2D eigenvalue weighted by Gasteiger charge is 2.26. The molecule has 0 saturated carbocycles. The number of benzene rings is 1. The molecule has 0 aliphatic carbocycles. The molecular weight excluding hydrogens is 304 g/mol. The van der Waals surface area contributed by atoms with Gasteiger partial charge in [-0.3, -0.25) is 9.78 Å². The highest BCUT2D eigenvalue weighted by atomic mass is 79.9. The number of carbonyl (C=O) groups is 1. The van der Waals surface area contributed by atoms with Gasteiger partial charge in [-0.2, -0.15) is 0 Å². The Balaban J connectivity index is 1.70. The van der Waals surface area contributed by atoms with Crippen LogP contribution >= 0.6 is 15.9 Å². The lowest BCUT2D eigenvalue weighted by molar-refractivity contribution is -0.119. The Bertz CT molecular complexity index is 602. The largest absolute Gasteiger partial charge is 0.375 e. The number of para-hydroxylation sites is 1. The summed E-state index contributed by atoms with van der Waals surface area (Å²) in [5.41, 5.74) is 3.23. The van der Waals surface area contributed by atoms with Gasteiger partial charge in [-0.25, -0.2) is 0 Å². The first-order chi connectivity index (χ1) is 9.22. The molecule has 2 heterocycles. The molecule has 1 N–H and O–H groups in total. The zero-order valence-electron chi connectivity index (χ0n) is 10.3. The van der Waals surface area contributed by atoms with Crippen molar-refractivity contribution in [3.63, 3.8) is 0 Å². The number of rotatable bonds is 3. The summed E-state index contributed by atoms with van der Waals surface area (Å²) in [7, 11) is 0. The van der Waals surface area contributed by atoms with Crippen molar-refractivity contribution >= 4 is 27.4 Å². The summed E-state index contributed by atoms with van der Waals surface area (Å²) in [6.07, 6.45) is 4.65. The molecule has 0 saturated heterocycles. The number of anilines is 1. The van der Waals surface area contributed by atoms with Gasteiger partial charge < -0.3 is 5.32 Å². The molecule has 2 aromatic rings. The molecule has 1 unspecified atom stereocenters. The van der Waals surface area contributed by atoms with E-state index < -0.39 is 0 Å². The number of nitrogens with one attached hydrogen (secondary N) is 1.